The van der Waals surface area contributed by atoms with E-state index in [-0.39, 0.29) is 0 Å². The van der Waals surface area contributed by atoms with E-state index in [0.29, 0.717) is 10.8 Å². The van der Waals surface area contributed by atoms with Crippen LogP contribution in [-0.4, -0.2) is 7.11 Å². The summed E-state index contributed by atoms with van der Waals surface area (Å²) in [5, 5.41) is 13.1. The van der Waals surface area contributed by atoms with Gasteiger partial charge in [0.25, 0.3) is 0 Å². The molecule has 0 bridgehead atoms. The number of nitrogens with zero attached hydrogens (tertiary/aromatic N) is 1. The van der Waals surface area contributed by atoms with E-state index in [1.54, 1.807) is 13.2 Å². The van der Waals surface area contributed by atoms with E-state index in [1.165, 1.54) is 0 Å². The molecule has 0 saturated carbocycles. The predicted octanol–water partition coefficient (Wildman–Crippen LogP) is 4.79. The van der Waals surface area contributed by atoms with Crippen molar-refractivity contribution in [3.63, 3.8) is 0 Å². The lowest BCUT2D eigenvalue weighted by Crippen LogP contribution is -2.10. The monoisotopic (exact) mass is 350 g/mol. The van der Waals surface area contributed by atoms with E-state index in [0.717, 1.165) is 15.7 Å². The molecule has 2 aromatic carbocycles. The molecule has 2 aromatic rings. The smallest absolute Gasteiger partial charge is 0.141 e. The highest BCUT2D eigenvalue weighted by Crippen LogP contribution is 2.31. The maximum absolute atomic E-state index is 9.39. The summed E-state index contributed by atoms with van der Waals surface area (Å²) in [6, 6.07) is 14.5. The number of nitrogens with one attached hydrogen (secondary N) is 1. The molecule has 0 aliphatic heterocycles. The molecular formula is C15H12BrClN2O. The first kappa shape index (κ1) is 14.7. The maximum Gasteiger partial charge on any atom is 0.141 e. The Bertz CT molecular complexity index is 655. The molecule has 5 heteroatoms. The molecule has 0 aliphatic rings. The minimum Gasteiger partial charge on any atom is -0.495 e. The number of rotatable bonds is 4. The number of nitriles is 1. The number of methoxy groups -OCH3 is 1. The van der Waals surface area contributed by atoms with Gasteiger partial charge in [0.2, 0.25) is 0 Å². The second-order valence-corrected chi connectivity index (χ2v) is 5.40. The van der Waals surface area contributed by atoms with Gasteiger partial charge in [-0.1, -0.05) is 39.7 Å². The van der Waals surface area contributed by atoms with Gasteiger partial charge in [-0.25, -0.2) is 0 Å². The Labute approximate surface area is 131 Å². The highest BCUT2D eigenvalue weighted by atomic mass is 79.9. The van der Waals surface area contributed by atoms with Crippen molar-refractivity contribution in [2.24, 2.45) is 0 Å². The SMILES string of the molecule is COc1ccccc1NC(C#N)c1cc(Br)ccc1Cl. The number of hydrogen-bond acceptors (Lipinski definition) is 3. The van der Waals surface area contributed by atoms with Crippen molar-refractivity contribution < 1.29 is 4.74 Å². The molecule has 20 heavy (non-hydrogen) atoms. The normalized spacial score (nSPS) is 11.5. The zero-order chi connectivity index (χ0) is 14.5. The summed E-state index contributed by atoms with van der Waals surface area (Å²) in [6.07, 6.45) is 0. The number of benzene rings is 2. The Morgan fingerprint density at radius 2 is 2.05 bits per heavy atom. The molecule has 1 atom stereocenters. The summed E-state index contributed by atoms with van der Waals surface area (Å²) in [7, 11) is 1.59. The van der Waals surface area contributed by atoms with E-state index in [1.807, 2.05) is 36.4 Å². The van der Waals surface area contributed by atoms with Crippen LogP contribution in [0.2, 0.25) is 5.02 Å². The van der Waals surface area contributed by atoms with Gasteiger partial charge in [-0.05, 0) is 30.3 Å². The average molecular weight is 352 g/mol. The molecule has 0 aliphatic carbocycles. The van der Waals surface area contributed by atoms with Crippen LogP contribution >= 0.6 is 27.5 Å². The number of hydrogen-bond donors (Lipinski definition) is 1. The van der Waals surface area contributed by atoms with Gasteiger partial charge in [-0.3, -0.25) is 0 Å². The number of ether oxygens (including phenoxy) is 1. The van der Waals surface area contributed by atoms with E-state index >= 15 is 0 Å². The quantitative estimate of drug-likeness (QED) is 0.861. The highest BCUT2D eigenvalue weighted by molar-refractivity contribution is 9.10. The van der Waals surface area contributed by atoms with Crippen molar-refractivity contribution in [1.29, 1.82) is 5.26 Å². The van der Waals surface area contributed by atoms with Crippen LogP contribution in [-0.2, 0) is 0 Å². The summed E-state index contributed by atoms with van der Waals surface area (Å²) in [6.45, 7) is 0. The third-order valence-electron chi connectivity index (χ3n) is 2.80. The lowest BCUT2D eigenvalue weighted by atomic mass is 10.1. The van der Waals surface area contributed by atoms with Gasteiger partial charge in [0.15, 0.2) is 0 Å². The molecule has 1 unspecified atom stereocenters. The van der Waals surface area contributed by atoms with Crippen molar-refractivity contribution in [3.05, 3.63) is 57.5 Å². The summed E-state index contributed by atoms with van der Waals surface area (Å²) in [5.41, 5.74) is 1.46. The first-order valence-electron chi connectivity index (χ1n) is 5.90. The molecule has 3 nitrogen and oxygen atoms in total. The molecule has 2 rings (SSSR count). The lowest BCUT2D eigenvalue weighted by molar-refractivity contribution is 0.416. The van der Waals surface area contributed by atoms with Crippen LogP contribution in [0.1, 0.15) is 11.6 Å². The topological polar surface area (TPSA) is 45.0 Å². The van der Waals surface area contributed by atoms with Gasteiger partial charge < -0.3 is 10.1 Å². The molecule has 102 valence electrons. The van der Waals surface area contributed by atoms with Crippen molar-refractivity contribution in [2.45, 2.75) is 6.04 Å². The van der Waals surface area contributed by atoms with Gasteiger partial charge in [0.05, 0.1) is 18.9 Å². The van der Waals surface area contributed by atoms with E-state index in [2.05, 4.69) is 27.3 Å². The van der Waals surface area contributed by atoms with Gasteiger partial charge >= 0.3 is 0 Å². The second-order valence-electron chi connectivity index (χ2n) is 4.07. The average Bonchev–Trinajstić information content (AvgIpc) is 2.48. The minimum atomic E-state index is -0.559. The van der Waals surface area contributed by atoms with Crippen molar-refractivity contribution >= 4 is 33.2 Å². The maximum atomic E-state index is 9.39. The predicted molar refractivity (Wildman–Crippen MR) is 84.1 cm³/mol. The Balaban J connectivity index is 2.34. The van der Waals surface area contributed by atoms with E-state index in [4.69, 9.17) is 16.3 Å². The van der Waals surface area contributed by atoms with Crippen LogP contribution in [0.4, 0.5) is 5.69 Å². The van der Waals surface area contributed by atoms with Crippen LogP contribution < -0.4 is 10.1 Å². The molecule has 1 N–H and O–H groups in total. The highest BCUT2D eigenvalue weighted by Gasteiger charge is 2.16. The fraction of sp³-hybridized carbons (Fsp3) is 0.133. The van der Waals surface area contributed by atoms with Crippen LogP contribution in [0.25, 0.3) is 0 Å². The Morgan fingerprint density at radius 3 is 2.75 bits per heavy atom. The summed E-state index contributed by atoms with van der Waals surface area (Å²) in [5.74, 6) is 0.680. The van der Waals surface area contributed by atoms with Crippen LogP contribution in [0.3, 0.4) is 0 Å². The molecule has 0 amide bonds. The summed E-state index contributed by atoms with van der Waals surface area (Å²) >= 11 is 9.55. The first-order chi connectivity index (χ1) is 9.65. The Hall–Kier alpha value is -1.70. The van der Waals surface area contributed by atoms with Gasteiger partial charge in [0, 0.05) is 15.1 Å². The largest absolute Gasteiger partial charge is 0.495 e. The molecule has 0 heterocycles. The number of para-hydroxylation sites is 2. The number of anilines is 1. The molecule has 0 fully saturated rings. The van der Waals surface area contributed by atoms with E-state index < -0.39 is 6.04 Å². The van der Waals surface area contributed by atoms with E-state index in [9.17, 15) is 5.26 Å². The third-order valence-corrected chi connectivity index (χ3v) is 3.64. The van der Waals surface area contributed by atoms with Gasteiger partial charge in [0.1, 0.15) is 11.8 Å². The fourth-order valence-corrected chi connectivity index (χ4v) is 2.44. The van der Waals surface area contributed by atoms with Gasteiger partial charge in [-0.2, -0.15) is 5.26 Å². The van der Waals surface area contributed by atoms with Crippen molar-refractivity contribution in [2.75, 3.05) is 12.4 Å². The zero-order valence-electron chi connectivity index (χ0n) is 10.7. The minimum absolute atomic E-state index is 0.544. The van der Waals surface area contributed by atoms with Crippen LogP contribution in [0.15, 0.2) is 46.9 Å². The second kappa shape index (κ2) is 6.65. The first-order valence-corrected chi connectivity index (χ1v) is 7.07. The molecule has 0 saturated heterocycles. The fourth-order valence-electron chi connectivity index (χ4n) is 1.83. The standard InChI is InChI=1S/C15H12BrClN2O/c1-20-15-5-3-2-4-13(15)19-14(9-18)11-8-10(16)6-7-12(11)17/h2-8,14,19H,1H3. The van der Waals surface area contributed by atoms with Crippen molar-refractivity contribution in [1.82, 2.24) is 0 Å². The van der Waals surface area contributed by atoms with Crippen LogP contribution in [0.5, 0.6) is 5.75 Å². The lowest BCUT2D eigenvalue weighted by Gasteiger charge is -2.17. The Morgan fingerprint density at radius 1 is 1.30 bits per heavy atom. The molecule has 0 spiro atoms. The zero-order valence-corrected chi connectivity index (χ0v) is 13.1. The molecule has 0 aromatic heterocycles. The number of halogens is 2. The van der Waals surface area contributed by atoms with Crippen LogP contribution in [0, 0.1) is 11.3 Å². The summed E-state index contributed by atoms with van der Waals surface area (Å²) < 4.78 is 6.14. The third kappa shape index (κ3) is 3.24. The molecular weight excluding hydrogens is 340 g/mol. The van der Waals surface area contributed by atoms with Crippen molar-refractivity contribution in [3.8, 4) is 11.8 Å². The van der Waals surface area contributed by atoms with Gasteiger partial charge in [-0.15, -0.1) is 0 Å². The summed E-state index contributed by atoms with van der Waals surface area (Å²) in [4.78, 5) is 0. The Kier molecular flexibility index (Phi) is 4.89. The molecule has 0 radical (unpaired) electrons.